The van der Waals surface area contributed by atoms with Crippen molar-refractivity contribution >= 4 is 0 Å². The predicted octanol–water partition coefficient (Wildman–Crippen LogP) is 1.49. The standard InChI is InChI=1S/C14H23NO3/c1-4-17-9-13(16)10-18-14-11(2)6-5-7-12(14)8-15-3/h5-7,13,15-16H,4,8-10H2,1-3H3. The molecule has 0 amide bonds. The molecule has 0 spiro atoms. The van der Waals surface area contributed by atoms with E-state index in [2.05, 4.69) is 5.32 Å². The lowest BCUT2D eigenvalue weighted by atomic mass is 10.1. The summed E-state index contributed by atoms with van der Waals surface area (Å²) in [4.78, 5) is 0. The average Bonchev–Trinajstić information content (AvgIpc) is 2.36. The molecule has 0 saturated carbocycles. The zero-order chi connectivity index (χ0) is 13.4. The van der Waals surface area contributed by atoms with Crippen LogP contribution >= 0.6 is 0 Å². The Kier molecular flexibility index (Phi) is 6.72. The summed E-state index contributed by atoms with van der Waals surface area (Å²) in [7, 11) is 1.90. The lowest BCUT2D eigenvalue weighted by Gasteiger charge is -2.16. The van der Waals surface area contributed by atoms with Crippen molar-refractivity contribution < 1.29 is 14.6 Å². The van der Waals surface area contributed by atoms with Gasteiger partial charge in [-0.1, -0.05) is 18.2 Å². The fourth-order valence-corrected chi connectivity index (χ4v) is 1.73. The minimum Gasteiger partial charge on any atom is -0.490 e. The first kappa shape index (κ1) is 15.0. The van der Waals surface area contributed by atoms with Crippen LogP contribution in [0.15, 0.2) is 18.2 Å². The Labute approximate surface area is 109 Å². The highest BCUT2D eigenvalue weighted by Crippen LogP contribution is 2.23. The second kappa shape index (κ2) is 8.08. The van der Waals surface area contributed by atoms with E-state index in [1.54, 1.807) is 0 Å². The van der Waals surface area contributed by atoms with E-state index in [0.29, 0.717) is 13.2 Å². The summed E-state index contributed by atoms with van der Waals surface area (Å²) in [5, 5.41) is 12.8. The average molecular weight is 253 g/mol. The molecule has 1 aromatic carbocycles. The van der Waals surface area contributed by atoms with Crippen LogP contribution in [-0.2, 0) is 11.3 Å². The Morgan fingerprint density at radius 3 is 2.78 bits per heavy atom. The summed E-state index contributed by atoms with van der Waals surface area (Å²) in [6.45, 7) is 5.82. The topological polar surface area (TPSA) is 50.7 Å². The molecule has 1 unspecified atom stereocenters. The summed E-state index contributed by atoms with van der Waals surface area (Å²) >= 11 is 0. The van der Waals surface area contributed by atoms with E-state index in [4.69, 9.17) is 9.47 Å². The van der Waals surface area contributed by atoms with Gasteiger partial charge in [0.25, 0.3) is 0 Å². The Hall–Kier alpha value is -1.10. The normalized spacial score (nSPS) is 12.4. The number of nitrogens with one attached hydrogen (secondary N) is 1. The Balaban J connectivity index is 2.59. The van der Waals surface area contributed by atoms with Gasteiger partial charge in [0.2, 0.25) is 0 Å². The molecule has 1 atom stereocenters. The van der Waals surface area contributed by atoms with Crippen molar-refractivity contribution in [2.45, 2.75) is 26.5 Å². The van der Waals surface area contributed by atoms with Crippen LogP contribution in [0, 0.1) is 6.92 Å². The lowest BCUT2D eigenvalue weighted by Crippen LogP contribution is -2.24. The molecule has 102 valence electrons. The molecule has 0 aliphatic rings. The number of hydrogen-bond donors (Lipinski definition) is 2. The van der Waals surface area contributed by atoms with Crippen molar-refractivity contribution in [3.05, 3.63) is 29.3 Å². The van der Waals surface area contributed by atoms with Crippen LogP contribution in [0.5, 0.6) is 5.75 Å². The quantitative estimate of drug-likeness (QED) is 0.737. The van der Waals surface area contributed by atoms with E-state index in [9.17, 15) is 5.11 Å². The number of benzene rings is 1. The maximum atomic E-state index is 9.69. The second-order valence-electron chi connectivity index (χ2n) is 4.22. The van der Waals surface area contributed by atoms with E-state index >= 15 is 0 Å². The number of aryl methyl sites for hydroxylation is 1. The van der Waals surface area contributed by atoms with Gasteiger partial charge in [-0.2, -0.15) is 0 Å². The van der Waals surface area contributed by atoms with Gasteiger partial charge in [-0.15, -0.1) is 0 Å². The number of para-hydroxylation sites is 1. The molecule has 0 aliphatic carbocycles. The molecule has 4 nitrogen and oxygen atoms in total. The molecule has 0 bridgehead atoms. The molecule has 0 heterocycles. The smallest absolute Gasteiger partial charge is 0.126 e. The monoisotopic (exact) mass is 253 g/mol. The third-order valence-electron chi connectivity index (χ3n) is 2.60. The van der Waals surface area contributed by atoms with Crippen molar-refractivity contribution in [1.29, 1.82) is 0 Å². The number of hydrogen-bond acceptors (Lipinski definition) is 4. The molecule has 0 fully saturated rings. The molecular weight excluding hydrogens is 230 g/mol. The summed E-state index contributed by atoms with van der Waals surface area (Å²) in [6, 6.07) is 6.03. The van der Waals surface area contributed by atoms with Crippen LogP contribution in [0.2, 0.25) is 0 Å². The third kappa shape index (κ3) is 4.64. The van der Waals surface area contributed by atoms with E-state index in [1.807, 2.05) is 39.1 Å². The van der Waals surface area contributed by atoms with Crippen molar-refractivity contribution in [2.75, 3.05) is 26.9 Å². The van der Waals surface area contributed by atoms with Gasteiger partial charge in [0, 0.05) is 18.7 Å². The fraction of sp³-hybridized carbons (Fsp3) is 0.571. The second-order valence-corrected chi connectivity index (χ2v) is 4.22. The van der Waals surface area contributed by atoms with Gasteiger partial charge in [0.05, 0.1) is 6.61 Å². The molecule has 4 heteroatoms. The first-order valence-corrected chi connectivity index (χ1v) is 6.30. The molecule has 0 radical (unpaired) electrons. The van der Waals surface area contributed by atoms with Gasteiger partial charge in [0.1, 0.15) is 18.5 Å². The lowest BCUT2D eigenvalue weighted by molar-refractivity contribution is 0.0161. The first-order chi connectivity index (χ1) is 8.69. The van der Waals surface area contributed by atoms with Gasteiger partial charge in [0.15, 0.2) is 0 Å². The highest BCUT2D eigenvalue weighted by atomic mass is 16.5. The van der Waals surface area contributed by atoms with Crippen molar-refractivity contribution in [2.24, 2.45) is 0 Å². The van der Waals surface area contributed by atoms with E-state index in [1.165, 1.54) is 0 Å². The van der Waals surface area contributed by atoms with Gasteiger partial charge >= 0.3 is 0 Å². The molecule has 1 aromatic rings. The highest BCUT2D eigenvalue weighted by Gasteiger charge is 2.10. The van der Waals surface area contributed by atoms with E-state index in [0.717, 1.165) is 23.4 Å². The van der Waals surface area contributed by atoms with E-state index in [-0.39, 0.29) is 6.61 Å². The maximum Gasteiger partial charge on any atom is 0.126 e. The number of rotatable bonds is 8. The zero-order valence-corrected chi connectivity index (χ0v) is 11.4. The van der Waals surface area contributed by atoms with Crippen LogP contribution < -0.4 is 10.1 Å². The summed E-state index contributed by atoms with van der Waals surface area (Å²) in [5.74, 6) is 0.849. The summed E-state index contributed by atoms with van der Waals surface area (Å²) < 4.78 is 10.9. The van der Waals surface area contributed by atoms with Crippen LogP contribution in [0.1, 0.15) is 18.1 Å². The van der Waals surface area contributed by atoms with Gasteiger partial charge < -0.3 is 19.9 Å². The molecule has 1 rings (SSSR count). The molecule has 0 saturated heterocycles. The molecule has 0 aromatic heterocycles. The van der Waals surface area contributed by atoms with Crippen LogP contribution in [0.4, 0.5) is 0 Å². The van der Waals surface area contributed by atoms with Gasteiger partial charge in [-0.25, -0.2) is 0 Å². The molecule has 2 N–H and O–H groups in total. The number of aliphatic hydroxyl groups is 1. The Morgan fingerprint density at radius 2 is 2.11 bits per heavy atom. The zero-order valence-electron chi connectivity index (χ0n) is 11.4. The third-order valence-corrected chi connectivity index (χ3v) is 2.60. The van der Waals surface area contributed by atoms with Crippen LogP contribution in [-0.4, -0.2) is 38.1 Å². The van der Waals surface area contributed by atoms with Crippen molar-refractivity contribution in [1.82, 2.24) is 5.32 Å². The minimum absolute atomic E-state index is 0.252. The summed E-state index contributed by atoms with van der Waals surface area (Å²) in [5.41, 5.74) is 2.17. The van der Waals surface area contributed by atoms with Crippen LogP contribution in [0.25, 0.3) is 0 Å². The number of aliphatic hydroxyl groups excluding tert-OH is 1. The SMILES string of the molecule is CCOCC(O)COc1c(C)cccc1CNC. The molecule has 0 aliphatic heterocycles. The van der Waals surface area contributed by atoms with Crippen molar-refractivity contribution in [3.8, 4) is 5.75 Å². The van der Waals surface area contributed by atoms with Crippen LogP contribution in [0.3, 0.4) is 0 Å². The van der Waals surface area contributed by atoms with Gasteiger partial charge in [-0.3, -0.25) is 0 Å². The maximum absolute atomic E-state index is 9.69. The van der Waals surface area contributed by atoms with Gasteiger partial charge in [-0.05, 0) is 26.5 Å². The number of ether oxygens (including phenoxy) is 2. The molecule has 18 heavy (non-hydrogen) atoms. The fourth-order valence-electron chi connectivity index (χ4n) is 1.73. The Morgan fingerprint density at radius 1 is 1.33 bits per heavy atom. The largest absolute Gasteiger partial charge is 0.490 e. The highest BCUT2D eigenvalue weighted by molar-refractivity contribution is 5.40. The minimum atomic E-state index is -0.591. The first-order valence-electron chi connectivity index (χ1n) is 6.30. The molecular formula is C14H23NO3. The predicted molar refractivity (Wildman–Crippen MR) is 71.9 cm³/mol. The Bertz CT molecular complexity index is 355. The van der Waals surface area contributed by atoms with Crippen molar-refractivity contribution in [3.63, 3.8) is 0 Å². The van der Waals surface area contributed by atoms with E-state index < -0.39 is 6.10 Å². The summed E-state index contributed by atoms with van der Waals surface area (Å²) in [6.07, 6.45) is -0.591.